The smallest absolute Gasteiger partial charge is 0.312 e. The molecule has 0 atom stereocenters. The second-order valence-electron chi connectivity index (χ2n) is 5.86. The Balaban J connectivity index is 2.26. The number of nitrogens with zero attached hydrogens (tertiary/aromatic N) is 3. The number of aromatic nitrogens is 3. The SMILES string of the molecule is CCS(=O)(=O)c1ccccc1-c1nc2cc(S(=O)(=O)C(F)(F)F)cnc2n1C. The molecule has 7 nitrogen and oxygen atoms in total. The summed E-state index contributed by atoms with van der Waals surface area (Å²) in [5.74, 6) is -0.0168. The zero-order valence-corrected chi connectivity index (χ0v) is 16.2. The maximum Gasteiger partial charge on any atom is 0.501 e. The van der Waals surface area contributed by atoms with Crippen molar-refractivity contribution < 1.29 is 30.0 Å². The van der Waals surface area contributed by atoms with Gasteiger partial charge >= 0.3 is 5.51 Å². The highest BCUT2D eigenvalue weighted by atomic mass is 32.2. The fourth-order valence-corrected chi connectivity index (χ4v) is 4.47. The minimum absolute atomic E-state index is 0.0130. The standard InChI is InChI=1S/C16H14F3N3O4S2/c1-3-27(23,24)13-7-5-4-6-11(13)14-21-12-8-10(9-20-15(12)22(14)2)28(25,26)16(17,18)19/h4-9H,3H2,1-2H3. The number of sulfone groups is 2. The molecule has 3 aromatic rings. The molecule has 0 bridgehead atoms. The molecule has 0 aliphatic heterocycles. The highest BCUT2D eigenvalue weighted by molar-refractivity contribution is 7.92. The van der Waals surface area contributed by atoms with Crippen LogP contribution in [0.3, 0.4) is 0 Å². The first-order chi connectivity index (χ1) is 12.9. The van der Waals surface area contributed by atoms with Crippen LogP contribution in [0.2, 0.25) is 0 Å². The van der Waals surface area contributed by atoms with Gasteiger partial charge in [0.2, 0.25) is 0 Å². The van der Waals surface area contributed by atoms with Crippen LogP contribution in [-0.4, -0.2) is 42.6 Å². The largest absolute Gasteiger partial charge is 0.501 e. The number of halogens is 3. The first kappa shape index (κ1) is 20.3. The third kappa shape index (κ3) is 3.15. The van der Waals surface area contributed by atoms with E-state index < -0.39 is 30.1 Å². The molecule has 0 amide bonds. The van der Waals surface area contributed by atoms with Crippen LogP contribution in [-0.2, 0) is 26.7 Å². The predicted octanol–water partition coefficient (Wildman–Crippen LogP) is 2.72. The monoisotopic (exact) mass is 433 g/mol. The molecule has 2 heterocycles. The van der Waals surface area contributed by atoms with E-state index in [2.05, 4.69) is 9.97 Å². The van der Waals surface area contributed by atoms with Crippen LogP contribution in [0.15, 0.2) is 46.3 Å². The third-order valence-corrected chi connectivity index (χ3v) is 7.38. The van der Waals surface area contributed by atoms with Crippen molar-refractivity contribution in [2.45, 2.75) is 22.2 Å². The molecule has 0 unspecified atom stereocenters. The molecule has 12 heteroatoms. The average Bonchev–Trinajstić information content (AvgIpc) is 2.97. The number of pyridine rings is 1. The summed E-state index contributed by atoms with van der Waals surface area (Å²) >= 11 is 0. The van der Waals surface area contributed by atoms with Gasteiger partial charge < -0.3 is 4.57 Å². The third-order valence-electron chi connectivity index (χ3n) is 4.14. The van der Waals surface area contributed by atoms with Gasteiger partial charge in [0.1, 0.15) is 11.3 Å². The van der Waals surface area contributed by atoms with E-state index in [4.69, 9.17) is 0 Å². The molecule has 0 fully saturated rings. The topological polar surface area (TPSA) is 99.0 Å². The number of fused-ring (bicyclic) bond motifs is 1. The van der Waals surface area contributed by atoms with Crippen LogP contribution in [0.25, 0.3) is 22.6 Å². The van der Waals surface area contributed by atoms with Gasteiger partial charge in [-0.1, -0.05) is 19.1 Å². The molecule has 0 spiro atoms. The van der Waals surface area contributed by atoms with Gasteiger partial charge in [-0.2, -0.15) is 13.2 Å². The molecule has 28 heavy (non-hydrogen) atoms. The lowest BCUT2D eigenvalue weighted by Crippen LogP contribution is -2.23. The zero-order chi connectivity index (χ0) is 20.9. The van der Waals surface area contributed by atoms with Crippen LogP contribution in [0, 0.1) is 0 Å². The molecule has 0 saturated heterocycles. The Morgan fingerprint density at radius 2 is 1.75 bits per heavy atom. The number of aryl methyl sites for hydroxylation is 1. The van der Waals surface area contributed by atoms with Gasteiger partial charge in [-0.3, -0.25) is 0 Å². The van der Waals surface area contributed by atoms with Gasteiger partial charge in [-0.15, -0.1) is 0 Å². The van der Waals surface area contributed by atoms with Crippen molar-refractivity contribution in [2.24, 2.45) is 7.05 Å². The van der Waals surface area contributed by atoms with Gasteiger partial charge in [-0.25, -0.2) is 26.8 Å². The Hall–Kier alpha value is -2.47. The van der Waals surface area contributed by atoms with Crippen LogP contribution >= 0.6 is 0 Å². The second kappa shape index (κ2) is 6.55. The number of rotatable bonds is 4. The molecule has 150 valence electrons. The van der Waals surface area contributed by atoms with E-state index in [1.54, 1.807) is 12.1 Å². The van der Waals surface area contributed by atoms with Crippen molar-refractivity contribution in [2.75, 3.05) is 5.75 Å². The molecule has 0 aliphatic rings. The maximum atomic E-state index is 12.8. The molecule has 3 rings (SSSR count). The van der Waals surface area contributed by atoms with E-state index in [1.165, 1.54) is 30.7 Å². The molecule has 0 N–H and O–H groups in total. The maximum absolute atomic E-state index is 12.8. The zero-order valence-electron chi connectivity index (χ0n) is 14.6. The number of imidazole rings is 1. The molecule has 0 radical (unpaired) electrons. The van der Waals surface area contributed by atoms with Crippen LogP contribution in [0.1, 0.15) is 6.92 Å². The Labute approximate surface area is 158 Å². The molecular weight excluding hydrogens is 419 g/mol. The van der Waals surface area contributed by atoms with Gasteiger partial charge in [0.25, 0.3) is 9.84 Å². The molecule has 2 aromatic heterocycles. The van der Waals surface area contributed by atoms with Crippen molar-refractivity contribution in [3.63, 3.8) is 0 Å². The van der Waals surface area contributed by atoms with Gasteiger partial charge in [-0.05, 0) is 18.2 Å². The van der Waals surface area contributed by atoms with E-state index >= 15 is 0 Å². The molecule has 1 aromatic carbocycles. The Morgan fingerprint density at radius 1 is 1.11 bits per heavy atom. The first-order valence-electron chi connectivity index (χ1n) is 7.86. The van der Waals surface area contributed by atoms with E-state index in [-0.39, 0.29) is 33.2 Å². The Bertz CT molecular complexity index is 1280. The minimum atomic E-state index is -5.58. The molecule has 0 aliphatic carbocycles. The predicted molar refractivity (Wildman–Crippen MR) is 94.9 cm³/mol. The number of hydrogen-bond donors (Lipinski definition) is 0. The quantitative estimate of drug-likeness (QED) is 0.627. The summed E-state index contributed by atoms with van der Waals surface area (Å²) in [4.78, 5) is 6.92. The highest BCUT2D eigenvalue weighted by Crippen LogP contribution is 2.33. The number of hydrogen-bond acceptors (Lipinski definition) is 6. The average molecular weight is 433 g/mol. The summed E-state index contributed by atoms with van der Waals surface area (Å²) in [6.45, 7) is 1.48. The summed E-state index contributed by atoms with van der Waals surface area (Å²) < 4.78 is 87.7. The lowest BCUT2D eigenvalue weighted by atomic mass is 10.2. The summed E-state index contributed by atoms with van der Waals surface area (Å²) in [7, 11) is -7.67. The van der Waals surface area contributed by atoms with Crippen molar-refractivity contribution in [1.82, 2.24) is 14.5 Å². The fraction of sp³-hybridized carbons (Fsp3) is 0.250. The number of alkyl halides is 3. The van der Waals surface area contributed by atoms with Crippen LogP contribution < -0.4 is 0 Å². The van der Waals surface area contributed by atoms with Gasteiger partial charge in [0, 0.05) is 18.8 Å². The van der Waals surface area contributed by atoms with E-state index in [1.807, 2.05) is 0 Å². The van der Waals surface area contributed by atoms with Crippen molar-refractivity contribution >= 4 is 30.8 Å². The summed E-state index contributed by atoms with van der Waals surface area (Å²) in [6, 6.07) is 6.82. The Morgan fingerprint density at radius 3 is 2.36 bits per heavy atom. The van der Waals surface area contributed by atoms with E-state index in [0.717, 1.165) is 6.07 Å². The first-order valence-corrected chi connectivity index (χ1v) is 11.0. The second-order valence-corrected chi connectivity index (χ2v) is 10.0. The van der Waals surface area contributed by atoms with E-state index in [0.29, 0.717) is 6.20 Å². The lowest BCUT2D eigenvalue weighted by molar-refractivity contribution is -0.0436. The van der Waals surface area contributed by atoms with Crippen molar-refractivity contribution in [1.29, 1.82) is 0 Å². The lowest BCUT2D eigenvalue weighted by Gasteiger charge is -2.09. The summed E-state index contributed by atoms with van der Waals surface area (Å²) in [6.07, 6.45) is 0.602. The van der Waals surface area contributed by atoms with Crippen LogP contribution in [0.4, 0.5) is 13.2 Å². The molecule has 0 saturated carbocycles. The Kier molecular flexibility index (Phi) is 4.74. The normalized spacial score (nSPS) is 13.2. The summed E-state index contributed by atoms with van der Waals surface area (Å²) in [5.41, 5.74) is -5.22. The molecular formula is C16H14F3N3O4S2. The number of benzene rings is 1. The van der Waals surface area contributed by atoms with Gasteiger partial charge in [0.05, 0.1) is 15.5 Å². The highest BCUT2D eigenvalue weighted by Gasteiger charge is 2.47. The summed E-state index contributed by atoms with van der Waals surface area (Å²) in [5, 5.41) is 0. The van der Waals surface area contributed by atoms with Crippen molar-refractivity contribution in [3.8, 4) is 11.4 Å². The van der Waals surface area contributed by atoms with Crippen molar-refractivity contribution in [3.05, 3.63) is 36.5 Å². The fourth-order valence-electron chi connectivity index (χ4n) is 2.66. The van der Waals surface area contributed by atoms with Gasteiger partial charge in [0.15, 0.2) is 15.5 Å². The van der Waals surface area contributed by atoms with Crippen LogP contribution in [0.5, 0.6) is 0 Å². The minimum Gasteiger partial charge on any atom is -0.312 e. The van der Waals surface area contributed by atoms with E-state index in [9.17, 15) is 30.0 Å².